The maximum Gasteiger partial charge on any atom is 0.412 e. The Morgan fingerprint density at radius 1 is 0.976 bits per heavy atom. The molecule has 1 heterocycles. The summed E-state index contributed by atoms with van der Waals surface area (Å²) in [7, 11) is 1.19. The fraction of sp³-hybridized carbons (Fsp3) is 0.419. The van der Waals surface area contributed by atoms with E-state index in [1.54, 1.807) is 39.8 Å². The van der Waals surface area contributed by atoms with Crippen molar-refractivity contribution in [3.05, 3.63) is 83.6 Å². The smallest absolute Gasteiger partial charge is 0.412 e. The van der Waals surface area contributed by atoms with Crippen molar-refractivity contribution < 1.29 is 38.1 Å². The second-order valence-corrected chi connectivity index (χ2v) is 10.5. The summed E-state index contributed by atoms with van der Waals surface area (Å²) in [4.78, 5) is 53.2. The fourth-order valence-electron chi connectivity index (χ4n) is 4.69. The van der Waals surface area contributed by atoms with Crippen LogP contribution in [0.25, 0.3) is 0 Å². The summed E-state index contributed by atoms with van der Waals surface area (Å²) < 4.78 is 21.2. The van der Waals surface area contributed by atoms with Gasteiger partial charge in [-0.15, -0.1) is 0 Å². The molecule has 3 atom stereocenters. The van der Waals surface area contributed by atoms with Gasteiger partial charge in [0, 0.05) is 12.0 Å². The van der Waals surface area contributed by atoms with Gasteiger partial charge in [-0.2, -0.15) is 0 Å². The number of esters is 2. The molecule has 0 aliphatic carbocycles. The Labute approximate surface area is 240 Å². The van der Waals surface area contributed by atoms with Crippen molar-refractivity contribution in [3.63, 3.8) is 0 Å². The Bertz CT molecular complexity index is 1220. The maximum absolute atomic E-state index is 13.5. The molecule has 0 spiro atoms. The quantitative estimate of drug-likeness (QED) is 0.253. The largest absolute Gasteiger partial charge is 0.464 e. The van der Waals surface area contributed by atoms with Gasteiger partial charge in [0.25, 0.3) is 0 Å². The molecule has 1 aliphatic rings. The summed E-state index contributed by atoms with van der Waals surface area (Å²) in [6.07, 6.45) is 0.445. The van der Waals surface area contributed by atoms with Gasteiger partial charge < -0.3 is 18.9 Å². The minimum atomic E-state index is -0.948. The third-order valence-electron chi connectivity index (χ3n) is 6.41. The zero-order valence-corrected chi connectivity index (χ0v) is 24.1. The molecule has 0 bridgehead atoms. The topological polar surface area (TPSA) is 120 Å². The number of nitrogens with one attached hydrogen (secondary N) is 1. The lowest BCUT2D eigenvalue weighted by atomic mass is 9.90. The number of hydrogen-bond donors (Lipinski definition) is 1. The Morgan fingerprint density at radius 3 is 2.20 bits per heavy atom. The molecular formula is C31H38N2O8. The van der Waals surface area contributed by atoms with Gasteiger partial charge in [0.2, 0.25) is 0 Å². The molecule has 2 aromatic rings. The molecule has 220 valence electrons. The average molecular weight is 567 g/mol. The van der Waals surface area contributed by atoms with Crippen molar-refractivity contribution in [2.75, 3.05) is 13.7 Å². The van der Waals surface area contributed by atoms with Crippen molar-refractivity contribution in [2.24, 2.45) is 0 Å². The van der Waals surface area contributed by atoms with Crippen molar-refractivity contribution in [2.45, 2.75) is 70.7 Å². The van der Waals surface area contributed by atoms with Crippen molar-refractivity contribution in [3.8, 4) is 0 Å². The van der Waals surface area contributed by atoms with Gasteiger partial charge >= 0.3 is 24.1 Å². The van der Waals surface area contributed by atoms with Crippen LogP contribution in [-0.4, -0.2) is 60.4 Å². The van der Waals surface area contributed by atoms with E-state index in [0.29, 0.717) is 6.42 Å². The second kappa shape index (κ2) is 14.3. The second-order valence-electron chi connectivity index (χ2n) is 10.5. The van der Waals surface area contributed by atoms with Gasteiger partial charge in [-0.05, 0) is 51.7 Å². The third kappa shape index (κ3) is 8.83. The van der Waals surface area contributed by atoms with Crippen molar-refractivity contribution in [1.29, 1.82) is 0 Å². The number of hydrogen-bond acceptors (Lipinski definition) is 8. The van der Waals surface area contributed by atoms with E-state index in [1.165, 1.54) is 18.1 Å². The van der Waals surface area contributed by atoms with Crippen molar-refractivity contribution >= 4 is 24.1 Å². The Kier molecular flexibility index (Phi) is 10.9. The molecule has 10 heteroatoms. The lowest BCUT2D eigenvalue weighted by Crippen LogP contribution is -2.49. The zero-order valence-electron chi connectivity index (χ0n) is 24.1. The Balaban J connectivity index is 1.89. The first-order valence-corrected chi connectivity index (χ1v) is 13.5. The lowest BCUT2D eigenvalue weighted by molar-refractivity contribution is -0.149. The summed E-state index contributed by atoms with van der Waals surface area (Å²) in [5.74, 6) is -1.72. The standard InChI is InChI=1S/C31H38N2O8/c1-6-39-28(35)26-24(22-15-11-8-12-16-22)19-23(33(26)30(37)41-31(2,3)4)17-18-25(27(34)38-5)32-29(36)40-20-21-13-9-7-10-14-21/h7-16,18,23-24,26H,6,17,19-20H2,1-5H3,(H,32,36)/b25-18-/t23-,24+,26-/m0/s1. The van der Waals surface area contributed by atoms with Gasteiger partial charge in [0.15, 0.2) is 0 Å². The molecular weight excluding hydrogens is 528 g/mol. The number of likely N-dealkylation sites (tertiary alicyclic amines) is 1. The molecule has 41 heavy (non-hydrogen) atoms. The van der Waals surface area contributed by atoms with Crippen LogP contribution in [0, 0.1) is 0 Å². The molecule has 0 radical (unpaired) electrons. The molecule has 0 saturated carbocycles. The van der Waals surface area contributed by atoms with Crippen LogP contribution < -0.4 is 5.32 Å². The first-order valence-electron chi connectivity index (χ1n) is 13.5. The van der Waals surface area contributed by atoms with E-state index in [4.69, 9.17) is 18.9 Å². The predicted molar refractivity (Wildman–Crippen MR) is 151 cm³/mol. The van der Waals surface area contributed by atoms with Crippen LogP contribution in [0.2, 0.25) is 0 Å². The highest BCUT2D eigenvalue weighted by Gasteiger charge is 2.50. The third-order valence-corrected chi connectivity index (χ3v) is 6.41. The van der Waals surface area contributed by atoms with Gasteiger partial charge in [0.1, 0.15) is 23.9 Å². The summed E-state index contributed by atoms with van der Waals surface area (Å²) in [5, 5.41) is 2.44. The number of amides is 2. The number of nitrogens with zero attached hydrogens (tertiary/aromatic N) is 1. The SMILES string of the molecule is CCOC(=O)[C@@H]1[C@@H](c2ccccc2)C[C@H](C/C=C(\NC(=O)OCc2ccccc2)C(=O)OC)N1C(=O)OC(C)(C)C. The van der Waals surface area contributed by atoms with Gasteiger partial charge in [-0.1, -0.05) is 66.7 Å². The molecule has 1 fully saturated rings. The fourth-order valence-corrected chi connectivity index (χ4v) is 4.69. The normalized spacial score (nSPS) is 18.8. The van der Waals surface area contributed by atoms with E-state index in [1.807, 2.05) is 48.5 Å². The average Bonchev–Trinajstić information content (AvgIpc) is 3.34. The Morgan fingerprint density at radius 2 is 1.61 bits per heavy atom. The van der Waals surface area contributed by atoms with Crippen molar-refractivity contribution in [1.82, 2.24) is 10.2 Å². The summed E-state index contributed by atoms with van der Waals surface area (Å²) in [5.41, 5.74) is 0.678. The van der Waals surface area contributed by atoms with Crippen LogP contribution in [-0.2, 0) is 35.1 Å². The number of rotatable bonds is 9. The van der Waals surface area contributed by atoms with Crippen LogP contribution >= 0.6 is 0 Å². The highest BCUT2D eigenvalue weighted by molar-refractivity contribution is 5.92. The molecule has 3 rings (SSSR count). The molecule has 2 aromatic carbocycles. The minimum Gasteiger partial charge on any atom is -0.464 e. The van der Waals surface area contributed by atoms with E-state index in [0.717, 1.165) is 11.1 Å². The highest BCUT2D eigenvalue weighted by atomic mass is 16.6. The Hall–Kier alpha value is -4.34. The van der Waals surface area contributed by atoms with Crippen LogP contribution in [0.1, 0.15) is 57.6 Å². The molecule has 10 nitrogen and oxygen atoms in total. The first-order chi connectivity index (χ1) is 19.5. The van der Waals surface area contributed by atoms with E-state index in [9.17, 15) is 19.2 Å². The molecule has 0 aromatic heterocycles. The summed E-state index contributed by atoms with van der Waals surface area (Å²) in [6.45, 7) is 7.08. The van der Waals surface area contributed by atoms with E-state index >= 15 is 0 Å². The summed E-state index contributed by atoms with van der Waals surface area (Å²) >= 11 is 0. The highest BCUT2D eigenvalue weighted by Crippen LogP contribution is 2.40. The number of methoxy groups -OCH3 is 1. The lowest BCUT2D eigenvalue weighted by Gasteiger charge is -2.32. The zero-order chi connectivity index (χ0) is 30.0. The van der Waals surface area contributed by atoms with Gasteiger partial charge in [-0.3, -0.25) is 10.2 Å². The number of carbonyl (C=O) groups is 4. The monoisotopic (exact) mass is 566 g/mol. The van der Waals surface area contributed by atoms with Gasteiger partial charge in [0.05, 0.1) is 13.7 Å². The van der Waals surface area contributed by atoms with E-state index < -0.39 is 41.8 Å². The van der Waals surface area contributed by atoms with E-state index in [2.05, 4.69) is 5.32 Å². The predicted octanol–water partition coefficient (Wildman–Crippen LogP) is 5.08. The number of alkyl carbamates (subject to hydrolysis) is 1. The van der Waals surface area contributed by atoms with E-state index in [-0.39, 0.29) is 31.2 Å². The molecule has 1 N–H and O–H groups in total. The van der Waals surface area contributed by atoms with Crippen LogP contribution in [0.4, 0.5) is 9.59 Å². The number of ether oxygens (including phenoxy) is 4. The minimum absolute atomic E-state index is 0.0101. The van der Waals surface area contributed by atoms with Gasteiger partial charge in [-0.25, -0.2) is 19.2 Å². The molecule has 1 aliphatic heterocycles. The van der Waals surface area contributed by atoms with Crippen LogP contribution in [0.15, 0.2) is 72.4 Å². The summed E-state index contributed by atoms with van der Waals surface area (Å²) in [6, 6.07) is 17.0. The first kappa shape index (κ1) is 31.2. The number of carbonyl (C=O) groups excluding carboxylic acids is 4. The molecule has 1 saturated heterocycles. The van der Waals surface area contributed by atoms with Crippen LogP contribution in [0.3, 0.4) is 0 Å². The molecule has 2 amide bonds. The number of benzene rings is 2. The molecule has 0 unspecified atom stereocenters. The van der Waals surface area contributed by atoms with Crippen LogP contribution in [0.5, 0.6) is 0 Å². The maximum atomic E-state index is 13.5.